The summed E-state index contributed by atoms with van der Waals surface area (Å²) in [7, 11) is -3.61. The van der Waals surface area contributed by atoms with Gasteiger partial charge in [-0.1, -0.05) is 56.5 Å². The van der Waals surface area contributed by atoms with Crippen molar-refractivity contribution in [3.63, 3.8) is 0 Å². The smallest absolute Gasteiger partial charge is 0.243 e. The lowest BCUT2D eigenvalue weighted by atomic mass is 9.95. The molecule has 0 spiro atoms. The molecule has 2 aliphatic rings. The molecule has 1 atom stereocenters. The Balaban J connectivity index is 1.46. The molecule has 1 fully saturated rings. The van der Waals surface area contributed by atoms with E-state index in [1.807, 2.05) is 37.3 Å². The van der Waals surface area contributed by atoms with Crippen molar-refractivity contribution >= 4 is 27.5 Å². The molecule has 0 bridgehead atoms. The average Bonchev–Trinajstić information content (AvgIpc) is 2.95. The zero-order valence-electron chi connectivity index (χ0n) is 23.5. The summed E-state index contributed by atoms with van der Waals surface area (Å²) in [5.41, 5.74) is 1.40. The van der Waals surface area contributed by atoms with Gasteiger partial charge >= 0.3 is 0 Å². The zero-order chi connectivity index (χ0) is 28.5. The van der Waals surface area contributed by atoms with Gasteiger partial charge in [0.25, 0.3) is 0 Å². The fraction of sp³-hybridized carbons (Fsp3) is 0.533. The third kappa shape index (κ3) is 7.90. The minimum Gasteiger partial charge on any atom is -0.486 e. The maximum Gasteiger partial charge on any atom is 0.243 e. The van der Waals surface area contributed by atoms with Gasteiger partial charge in [-0.2, -0.15) is 0 Å². The number of benzene rings is 2. The first kappa shape index (κ1) is 29.7. The van der Waals surface area contributed by atoms with Gasteiger partial charge in [0.1, 0.15) is 19.3 Å². The van der Waals surface area contributed by atoms with Crippen LogP contribution in [0.1, 0.15) is 63.9 Å². The molecular formula is C30H41N3O6S. The number of anilines is 1. The number of rotatable bonds is 12. The number of hydrogen-bond donors (Lipinski definition) is 1. The topological polar surface area (TPSA) is 105 Å². The first-order valence-electron chi connectivity index (χ1n) is 14.3. The summed E-state index contributed by atoms with van der Waals surface area (Å²) in [4.78, 5) is 28.7. The summed E-state index contributed by atoms with van der Waals surface area (Å²) in [5.74, 6) is 0.780. The Morgan fingerprint density at radius 1 is 1.00 bits per heavy atom. The van der Waals surface area contributed by atoms with Gasteiger partial charge in [0.05, 0.1) is 11.9 Å². The first-order valence-corrected chi connectivity index (χ1v) is 16.1. The van der Waals surface area contributed by atoms with Crippen molar-refractivity contribution in [2.75, 3.05) is 30.3 Å². The molecule has 2 aromatic carbocycles. The van der Waals surface area contributed by atoms with Gasteiger partial charge in [0.15, 0.2) is 11.5 Å². The van der Waals surface area contributed by atoms with Gasteiger partial charge in [-0.3, -0.25) is 13.9 Å². The Labute approximate surface area is 237 Å². The molecular weight excluding hydrogens is 530 g/mol. The van der Waals surface area contributed by atoms with Gasteiger partial charge in [0, 0.05) is 31.6 Å². The van der Waals surface area contributed by atoms with E-state index in [1.54, 1.807) is 23.1 Å². The van der Waals surface area contributed by atoms with Gasteiger partial charge in [-0.15, -0.1) is 0 Å². The first-order chi connectivity index (χ1) is 19.3. The minimum absolute atomic E-state index is 0.108. The van der Waals surface area contributed by atoms with Gasteiger partial charge in [0.2, 0.25) is 21.8 Å². The standard InChI is InChI=1S/C30H41N3O6S/c1-3-26(30(35)31-24-13-8-5-9-14-24)32(22-23-11-6-4-7-12-23)29(34)15-10-18-33(40(2,36)37)25-16-17-27-28(21-25)39-20-19-38-27/h4,6-7,11-12,16-17,21,24,26H,3,5,8-10,13-15,18-20,22H2,1-2H3,(H,31,35). The molecule has 1 unspecified atom stereocenters. The van der Waals surface area contributed by atoms with E-state index >= 15 is 0 Å². The molecule has 40 heavy (non-hydrogen) atoms. The predicted molar refractivity (Wildman–Crippen MR) is 155 cm³/mol. The van der Waals surface area contributed by atoms with E-state index in [9.17, 15) is 18.0 Å². The summed E-state index contributed by atoms with van der Waals surface area (Å²) in [6.45, 7) is 3.20. The molecule has 0 radical (unpaired) electrons. The van der Waals surface area contributed by atoms with E-state index in [1.165, 1.54) is 10.7 Å². The molecule has 4 rings (SSSR count). The Morgan fingerprint density at radius 3 is 2.38 bits per heavy atom. The van der Waals surface area contributed by atoms with E-state index in [-0.39, 0.29) is 30.8 Å². The Morgan fingerprint density at radius 2 is 1.70 bits per heavy atom. The van der Waals surface area contributed by atoms with E-state index in [0.29, 0.717) is 49.8 Å². The van der Waals surface area contributed by atoms with E-state index in [2.05, 4.69) is 5.32 Å². The number of amides is 2. The van der Waals surface area contributed by atoms with Crippen molar-refractivity contribution in [1.29, 1.82) is 0 Å². The van der Waals surface area contributed by atoms with Crippen molar-refractivity contribution in [2.24, 2.45) is 0 Å². The largest absolute Gasteiger partial charge is 0.486 e. The van der Waals surface area contributed by atoms with Crippen LogP contribution < -0.4 is 19.1 Å². The Bertz CT molecular complexity index is 1250. The SMILES string of the molecule is CCC(C(=O)NC1CCCCC1)N(Cc1ccccc1)C(=O)CCCN(c1ccc2c(c1)OCCO2)S(C)(=O)=O. The van der Waals surface area contributed by atoms with Gasteiger partial charge in [-0.05, 0) is 43.4 Å². The normalized spacial score (nSPS) is 16.1. The van der Waals surface area contributed by atoms with Crippen LogP contribution in [-0.4, -0.2) is 63.2 Å². The Kier molecular flexibility index (Phi) is 10.3. The van der Waals surface area contributed by atoms with Gasteiger partial charge in [-0.25, -0.2) is 8.42 Å². The maximum atomic E-state index is 13.6. The van der Waals surface area contributed by atoms with Crippen LogP contribution in [0.3, 0.4) is 0 Å². The predicted octanol–water partition coefficient (Wildman–Crippen LogP) is 4.26. The third-order valence-corrected chi connectivity index (χ3v) is 8.69. The lowest BCUT2D eigenvalue weighted by Crippen LogP contribution is -2.51. The zero-order valence-corrected chi connectivity index (χ0v) is 24.3. The third-order valence-electron chi connectivity index (χ3n) is 7.50. The summed E-state index contributed by atoms with van der Waals surface area (Å²) in [5, 5.41) is 3.19. The second-order valence-corrected chi connectivity index (χ2v) is 12.4. The molecule has 10 heteroatoms. The van der Waals surface area contributed by atoms with Crippen LogP contribution in [0.15, 0.2) is 48.5 Å². The van der Waals surface area contributed by atoms with Crippen LogP contribution in [-0.2, 0) is 26.2 Å². The van der Waals surface area contributed by atoms with Gasteiger partial charge < -0.3 is 19.7 Å². The van der Waals surface area contributed by atoms with Crippen molar-refractivity contribution in [3.05, 3.63) is 54.1 Å². The summed E-state index contributed by atoms with van der Waals surface area (Å²) in [6.07, 6.45) is 7.39. The number of fused-ring (bicyclic) bond motifs is 1. The monoisotopic (exact) mass is 571 g/mol. The number of ether oxygens (including phenoxy) is 2. The van der Waals surface area contributed by atoms with Crippen molar-refractivity contribution in [2.45, 2.75) is 76.9 Å². The quantitative estimate of drug-likeness (QED) is 0.408. The van der Waals surface area contributed by atoms with E-state index in [4.69, 9.17) is 9.47 Å². The van der Waals surface area contributed by atoms with Crippen LogP contribution in [0.2, 0.25) is 0 Å². The van der Waals surface area contributed by atoms with Crippen LogP contribution >= 0.6 is 0 Å². The highest BCUT2D eigenvalue weighted by Gasteiger charge is 2.30. The number of nitrogens with one attached hydrogen (secondary N) is 1. The molecule has 1 heterocycles. The molecule has 0 aromatic heterocycles. The molecule has 1 saturated carbocycles. The molecule has 218 valence electrons. The van der Waals surface area contributed by atoms with Crippen molar-refractivity contribution in [1.82, 2.24) is 10.2 Å². The van der Waals surface area contributed by atoms with Crippen molar-refractivity contribution < 1.29 is 27.5 Å². The second kappa shape index (κ2) is 13.9. The lowest BCUT2D eigenvalue weighted by molar-refractivity contribution is -0.141. The molecule has 1 N–H and O–H groups in total. The van der Waals surface area contributed by atoms with Crippen LogP contribution in [0.5, 0.6) is 11.5 Å². The molecule has 1 aliphatic heterocycles. The number of carbonyl (C=O) groups excluding carboxylic acids is 2. The number of carbonyl (C=O) groups is 2. The summed E-state index contributed by atoms with van der Waals surface area (Å²) >= 11 is 0. The fourth-order valence-electron chi connectivity index (χ4n) is 5.43. The van der Waals surface area contributed by atoms with Crippen LogP contribution in [0.25, 0.3) is 0 Å². The van der Waals surface area contributed by atoms with E-state index < -0.39 is 16.1 Å². The highest BCUT2D eigenvalue weighted by molar-refractivity contribution is 7.92. The number of hydrogen-bond acceptors (Lipinski definition) is 6. The molecule has 1 aliphatic carbocycles. The van der Waals surface area contributed by atoms with Crippen LogP contribution in [0.4, 0.5) is 5.69 Å². The van der Waals surface area contributed by atoms with Crippen molar-refractivity contribution in [3.8, 4) is 11.5 Å². The van der Waals surface area contributed by atoms with Crippen LogP contribution in [0, 0.1) is 0 Å². The summed E-state index contributed by atoms with van der Waals surface area (Å²) < 4.78 is 37.8. The molecule has 9 nitrogen and oxygen atoms in total. The lowest BCUT2D eigenvalue weighted by Gasteiger charge is -2.33. The van der Waals surface area contributed by atoms with E-state index in [0.717, 1.165) is 37.5 Å². The minimum atomic E-state index is -3.61. The number of nitrogens with zero attached hydrogens (tertiary/aromatic N) is 2. The fourth-order valence-corrected chi connectivity index (χ4v) is 6.39. The molecule has 2 aromatic rings. The highest BCUT2D eigenvalue weighted by atomic mass is 32.2. The number of sulfonamides is 1. The maximum absolute atomic E-state index is 13.6. The summed E-state index contributed by atoms with van der Waals surface area (Å²) in [6, 6.07) is 14.2. The second-order valence-electron chi connectivity index (χ2n) is 10.5. The Hall–Kier alpha value is -3.27. The molecule has 0 saturated heterocycles. The highest BCUT2D eigenvalue weighted by Crippen LogP contribution is 2.34. The average molecular weight is 572 g/mol. The molecule has 2 amide bonds.